The molecule has 1 aromatic rings. The molecular formula is C20H28ClNO4S. The molecule has 1 aromatic carbocycles. The molecule has 2 atom stereocenters. The van der Waals surface area contributed by atoms with E-state index in [1.165, 1.54) is 18.7 Å². The number of Topliss-reactive ketones (excluding diaryl/α,β-unsaturated/α-hetero) is 1. The van der Waals surface area contributed by atoms with E-state index in [1.807, 2.05) is 18.2 Å². The maximum absolute atomic E-state index is 12.4. The van der Waals surface area contributed by atoms with Crippen molar-refractivity contribution < 1.29 is 19.5 Å². The van der Waals surface area contributed by atoms with Gasteiger partial charge < -0.3 is 10.4 Å². The van der Waals surface area contributed by atoms with Crippen molar-refractivity contribution in [3.05, 3.63) is 34.9 Å². The van der Waals surface area contributed by atoms with Crippen LogP contribution in [-0.2, 0) is 14.4 Å². The van der Waals surface area contributed by atoms with Gasteiger partial charge in [-0.2, -0.15) is 11.8 Å². The van der Waals surface area contributed by atoms with Gasteiger partial charge in [0, 0.05) is 35.8 Å². The van der Waals surface area contributed by atoms with E-state index in [4.69, 9.17) is 11.6 Å². The van der Waals surface area contributed by atoms with Gasteiger partial charge in [0.15, 0.2) is 0 Å². The normalized spacial score (nSPS) is 13.0. The van der Waals surface area contributed by atoms with Crippen LogP contribution in [0.3, 0.4) is 0 Å². The number of benzene rings is 1. The Bertz CT molecular complexity index is 638. The lowest BCUT2D eigenvalue weighted by atomic mass is 10.0. The first-order valence-corrected chi connectivity index (χ1v) is 10.7. The number of amides is 1. The lowest BCUT2D eigenvalue weighted by Crippen LogP contribution is -2.41. The highest BCUT2D eigenvalue weighted by Crippen LogP contribution is 2.37. The lowest BCUT2D eigenvalue weighted by molar-refractivity contribution is -0.140. The maximum Gasteiger partial charge on any atom is 0.327 e. The largest absolute Gasteiger partial charge is 0.480 e. The number of aliphatic carboxylic acids is 1. The summed E-state index contributed by atoms with van der Waals surface area (Å²) in [5, 5.41) is 12.0. The number of nitrogens with one attached hydrogen (secondary N) is 1. The third-order valence-electron chi connectivity index (χ3n) is 4.11. The molecule has 2 N–H and O–H groups in total. The number of carboxylic acid groups (broad SMARTS) is 1. The third-order valence-corrected chi connectivity index (χ3v) is 5.81. The van der Waals surface area contributed by atoms with Crippen molar-refractivity contribution in [2.24, 2.45) is 0 Å². The summed E-state index contributed by atoms with van der Waals surface area (Å²) in [5.74, 6) is -1.19. The number of thioether (sulfide) groups is 1. The van der Waals surface area contributed by atoms with Gasteiger partial charge in [-0.3, -0.25) is 9.59 Å². The Morgan fingerprint density at radius 1 is 1.19 bits per heavy atom. The summed E-state index contributed by atoms with van der Waals surface area (Å²) in [6, 6.07) is 6.29. The predicted molar refractivity (Wildman–Crippen MR) is 110 cm³/mol. The number of halogens is 1. The van der Waals surface area contributed by atoms with E-state index in [-0.39, 0.29) is 16.8 Å². The van der Waals surface area contributed by atoms with E-state index in [0.29, 0.717) is 17.9 Å². The zero-order valence-electron chi connectivity index (χ0n) is 15.9. The zero-order valence-corrected chi connectivity index (χ0v) is 17.4. The van der Waals surface area contributed by atoms with Gasteiger partial charge in [-0.05, 0) is 18.1 Å². The van der Waals surface area contributed by atoms with Crippen molar-refractivity contribution in [1.82, 2.24) is 5.32 Å². The average molecular weight is 414 g/mol. The summed E-state index contributed by atoms with van der Waals surface area (Å²) >= 11 is 7.64. The number of hydrogen-bond acceptors (Lipinski definition) is 4. The lowest BCUT2D eigenvalue weighted by Gasteiger charge is -2.20. The van der Waals surface area contributed by atoms with Gasteiger partial charge in [0.05, 0.1) is 0 Å². The van der Waals surface area contributed by atoms with Gasteiger partial charge in [-0.25, -0.2) is 4.79 Å². The second kappa shape index (κ2) is 12.8. The fourth-order valence-corrected chi connectivity index (χ4v) is 4.36. The number of carbonyl (C=O) groups is 3. The van der Waals surface area contributed by atoms with E-state index in [0.717, 1.165) is 31.2 Å². The maximum atomic E-state index is 12.4. The summed E-state index contributed by atoms with van der Waals surface area (Å²) in [4.78, 5) is 35.0. The molecule has 0 saturated heterocycles. The quantitative estimate of drug-likeness (QED) is 0.460. The molecule has 0 radical (unpaired) electrons. The molecule has 1 amide bonds. The molecule has 0 saturated carbocycles. The first-order valence-electron chi connectivity index (χ1n) is 9.22. The van der Waals surface area contributed by atoms with Gasteiger partial charge in [-0.1, -0.05) is 56.0 Å². The molecule has 0 aliphatic rings. The number of unbranched alkanes of at least 4 members (excludes halogenated alkanes) is 3. The molecule has 27 heavy (non-hydrogen) atoms. The minimum atomic E-state index is -1.10. The van der Waals surface area contributed by atoms with Crippen molar-refractivity contribution in [2.75, 3.05) is 5.75 Å². The number of ketones is 1. The van der Waals surface area contributed by atoms with Crippen molar-refractivity contribution in [1.29, 1.82) is 0 Å². The highest BCUT2D eigenvalue weighted by Gasteiger charge is 2.24. The Hall–Kier alpha value is -1.53. The number of carbonyl (C=O) groups excluding carboxylic acids is 2. The van der Waals surface area contributed by atoms with Crippen LogP contribution in [0, 0.1) is 0 Å². The number of carboxylic acids is 1. The Labute approximate surface area is 170 Å². The molecule has 0 aliphatic carbocycles. The zero-order chi connectivity index (χ0) is 20.2. The average Bonchev–Trinajstić information content (AvgIpc) is 2.61. The Kier molecular flexibility index (Phi) is 11.1. The summed E-state index contributed by atoms with van der Waals surface area (Å²) in [6.07, 6.45) is 4.97. The molecule has 0 bridgehead atoms. The smallest absolute Gasteiger partial charge is 0.327 e. The van der Waals surface area contributed by atoms with E-state index in [9.17, 15) is 19.5 Å². The minimum absolute atomic E-state index is 0.148. The van der Waals surface area contributed by atoms with Crippen LogP contribution in [0.5, 0.6) is 0 Å². The van der Waals surface area contributed by atoms with Crippen LogP contribution in [0.1, 0.15) is 63.2 Å². The molecule has 1 rings (SSSR count). The highest BCUT2D eigenvalue weighted by molar-refractivity contribution is 7.99. The summed E-state index contributed by atoms with van der Waals surface area (Å²) in [6.45, 7) is 3.41. The minimum Gasteiger partial charge on any atom is -0.480 e. The molecule has 0 heterocycles. The fourth-order valence-electron chi connectivity index (χ4n) is 2.69. The molecule has 150 valence electrons. The Morgan fingerprint density at radius 2 is 1.89 bits per heavy atom. The van der Waals surface area contributed by atoms with E-state index >= 15 is 0 Å². The van der Waals surface area contributed by atoms with Crippen LogP contribution in [-0.4, -0.2) is 34.6 Å². The number of rotatable bonds is 13. The van der Waals surface area contributed by atoms with Gasteiger partial charge in [0.2, 0.25) is 5.91 Å². The number of hydrogen-bond donors (Lipinski definition) is 2. The van der Waals surface area contributed by atoms with Crippen molar-refractivity contribution in [3.8, 4) is 0 Å². The van der Waals surface area contributed by atoms with Crippen LogP contribution >= 0.6 is 23.4 Å². The molecule has 0 fully saturated rings. The van der Waals surface area contributed by atoms with E-state index in [2.05, 4.69) is 12.2 Å². The van der Waals surface area contributed by atoms with Crippen LogP contribution in [0.25, 0.3) is 0 Å². The standard InChI is InChI=1S/C20H28ClNO4S/c1-3-4-5-6-9-15(24)12-19(16-10-7-8-11-17(16)21)27-13-18(20(25)26)22-14(2)23/h7-8,10-11,18-19H,3-6,9,12-13H2,1-2H3,(H,22,23)(H,25,26). The molecule has 0 spiro atoms. The van der Waals surface area contributed by atoms with Gasteiger partial charge in [0.25, 0.3) is 0 Å². The molecule has 5 nitrogen and oxygen atoms in total. The topological polar surface area (TPSA) is 83.5 Å². The Morgan fingerprint density at radius 3 is 2.48 bits per heavy atom. The second-order valence-electron chi connectivity index (χ2n) is 6.49. The molecular weight excluding hydrogens is 386 g/mol. The third kappa shape index (κ3) is 9.29. The van der Waals surface area contributed by atoms with Crippen LogP contribution in [0.2, 0.25) is 5.02 Å². The fraction of sp³-hybridized carbons (Fsp3) is 0.550. The molecule has 0 aliphatic heterocycles. The van der Waals surface area contributed by atoms with Crippen molar-refractivity contribution >= 4 is 41.0 Å². The second-order valence-corrected chi connectivity index (χ2v) is 8.13. The monoisotopic (exact) mass is 413 g/mol. The molecule has 7 heteroatoms. The van der Waals surface area contributed by atoms with Crippen LogP contribution in [0.4, 0.5) is 0 Å². The van der Waals surface area contributed by atoms with Gasteiger partial charge in [-0.15, -0.1) is 0 Å². The SMILES string of the molecule is CCCCCCC(=O)CC(SCC(NC(C)=O)C(=O)O)c1ccccc1Cl. The van der Waals surface area contributed by atoms with E-state index in [1.54, 1.807) is 6.07 Å². The summed E-state index contributed by atoms with van der Waals surface area (Å²) in [7, 11) is 0. The van der Waals surface area contributed by atoms with Gasteiger partial charge in [0.1, 0.15) is 11.8 Å². The van der Waals surface area contributed by atoms with Crippen molar-refractivity contribution in [3.63, 3.8) is 0 Å². The van der Waals surface area contributed by atoms with Crippen LogP contribution < -0.4 is 5.32 Å². The van der Waals surface area contributed by atoms with Crippen LogP contribution in [0.15, 0.2) is 24.3 Å². The predicted octanol–water partition coefficient (Wildman–Crippen LogP) is 4.63. The summed E-state index contributed by atoms with van der Waals surface area (Å²) < 4.78 is 0. The van der Waals surface area contributed by atoms with Crippen molar-refractivity contribution in [2.45, 2.75) is 63.7 Å². The van der Waals surface area contributed by atoms with E-state index < -0.39 is 17.9 Å². The highest BCUT2D eigenvalue weighted by atomic mass is 35.5. The first kappa shape index (κ1) is 23.5. The summed E-state index contributed by atoms with van der Waals surface area (Å²) in [5.41, 5.74) is 0.818. The Balaban J connectivity index is 2.79. The molecule has 0 aromatic heterocycles. The first-order chi connectivity index (χ1) is 12.8. The molecule has 2 unspecified atom stereocenters. The van der Waals surface area contributed by atoms with Gasteiger partial charge >= 0.3 is 5.97 Å².